The summed E-state index contributed by atoms with van der Waals surface area (Å²) in [6.07, 6.45) is 28.5. The van der Waals surface area contributed by atoms with E-state index in [2.05, 4.69) is 13.8 Å². The molecule has 0 aromatic carbocycles. The lowest BCUT2D eigenvalue weighted by Gasteiger charge is -2.40. The van der Waals surface area contributed by atoms with Crippen molar-refractivity contribution in [1.82, 2.24) is 0 Å². The zero-order chi connectivity index (χ0) is 42.0. The van der Waals surface area contributed by atoms with Crippen molar-refractivity contribution >= 4 is 22.1 Å². The summed E-state index contributed by atoms with van der Waals surface area (Å²) >= 11 is 0. The van der Waals surface area contributed by atoms with E-state index in [-0.39, 0.29) is 13.0 Å². The minimum atomic E-state index is -4.61. The highest BCUT2D eigenvalue weighted by Gasteiger charge is 2.46. The maximum Gasteiger partial charge on any atom is 0.330 e. The standard InChI is InChI=1S/C44H80O12S/c1-3-5-7-9-11-13-15-17-19-21-22-24-26-28-30-32-39(45)53-34-37(35-54-44-43(49)42(48)41(47)38(56-44)36-57(50,51)52)55-40(46)33-31-29-27-25-23-20-18-16-14-12-10-8-6-4-2/h26,28,30,32,37-38,41-44,47-49H,3-25,27,29,31,33-36H2,1-2H3,(H,50,51,52)/b28-26+,32-30+/t37-,38-,41-,42?,43?,44+/m1/s1. The molecule has 0 spiro atoms. The molecular weight excluding hydrogens is 753 g/mol. The summed E-state index contributed by atoms with van der Waals surface area (Å²) in [5, 5.41) is 30.8. The fourth-order valence-electron chi connectivity index (χ4n) is 6.89. The Hall–Kier alpha value is -1.87. The van der Waals surface area contributed by atoms with Crippen molar-refractivity contribution < 1.29 is 56.8 Å². The Kier molecular flexibility index (Phi) is 32.6. The van der Waals surface area contributed by atoms with Crippen LogP contribution in [0, 0.1) is 0 Å². The molecule has 12 nitrogen and oxygen atoms in total. The van der Waals surface area contributed by atoms with Gasteiger partial charge in [0.25, 0.3) is 10.1 Å². The molecule has 2 unspecified atom stereocenters. The summed E-state index contributed by atoms with van der Waals surface area (Å²) < 4.78 is 53.8. The molecule has 4 N–H and O–H groups in total. The fraction of sp³-hybridized carbons (Fsp3) is 0.864. The minimum Gasteiger partial charge on any atom is -0.458 e. The van der Waals surface area contributed by atoms with Gasteiger partial charge in [-0.2, -0.15) is 8.42 Å². The molecule has 13 heteroatoms. The van der Waals surface area contributed by atoms with Crippen molar-refractivity contribution in [3.05, 3.63) is 24.3 Å². The Morgan fingerprint density at radius 3 is 1.60 bits per heavy atom. The van der Waals surface area contributed by atoms with Crippen molar-refractivity contribution in [1.29, 1.82) is 0 Å². The van der Waals surface area contributed by atoms with Crippen LogP contribution in [0.25, 0.3) is 0 Å². The Labute approximate surface area is 345 Å². The molecule has 0 aliphatic carbocycles. The van der Waals surface area contributed by atoms with E-state index in [1.807, 2.05) is 6.08 Å². The normalized spacial score (nSPS) is 20.7. The van der Waals surface area contributed by atoms with Crippen molar-refractivity contribution in [2.45, 2.75) is 224 Å². The van der Waals surface area contributed by atoms with E-state index < -0.39 is 71.2 Å². The monoisotopic (exact) mass is 833 g/mol. The lowest BCUT2D eigenvalue weighted by molar-refractivity contribution is -0.297. The molecule has 0 aromatic heterocycles. The molecule has 1 fully saturated rings. The van der Waals surface area contributed by atoms with Crippen molar-refractivity contribution in [3.63, 3.8) is 0 Å². The van der Waals surface area contributed by atoms with Gasteiger partial charge in [0.1, 0.15) is 36.8 Å². The first-order valence-electron chi connectivity index (χ1n) is 22.4. The molecule has 1 rings (SSSR count). The zero-order valence-corrected chi connectivity index (χ0v) is 36.3. The highest BCUT2D eigenvalue weighted by Crippen LogP contribution is 2.24. The molecule has 1 heterocycles. The molecule has 334 valence electrons. The van der Waals surface area contributed by atoms with Crippen LogP contribution in [0.1, 0.15) is 187 Å². The van der Waals surface area contributed by atoms with Crippen LogP contribution in [0.2, 0.25) is 0 Å². The molecule has 0 bridgehead atoms. The van der Waals surface area contributed by atoms with Crippen LogP contribution in [0.15, 0.2) is 24.3 Å². The van der Waals surface area contributed by atoms with E-state index in [1.165, 1.54) is 134 Å². The summed E-state index contributed by atoms with van der Waals surface area (Å²) in [7, 11) is -4.61. The van der Waals surface area contributed by atoms with Gasteiger partial charge in [-0.3, -0.25) is 9.35 Å². The third-order valence-corrected chi connectivity index (χ3v) is 11.1. The van der Waals surface area contributed by atoms with E-state index in [0.29, 0.717) is 6.42 Å². The highest BCUT2D eigenvalue weighted by molar-refractivity contribution is 7.85. The molecule has 0 saturated carbocycles. The first-order valence-corrected chi connectivity index (χ1v) is 24.0. The lowest BCUT2D eigenvalue weighted by Crippen LogP contribution is -2.60. The summed E-state index contributed by atoms with van der Waals surface area (Å²) in [6.45, 7) is 3.66. The second kappa shape index (κ2) is 34.9. The molecule has 0 aromatic rings. The van der Waals surface area contributed by atoms with Gasteiger partial charge in [-0.15, -0.1) is 0 Å². The van der Waals surface area contributed by atoms with E-state index >= 15 is 0 Å². The quantitative estimate of drug-likeness (QED) is 0.0153. The third kappa shape index (κ3) is 29.9. The van der Waals surface area contributed by atoms with Gasteiger partial charge < -0.3 is 34.3 Å². The van der Waals surface area contributed by atoms with E-state index in [9.17, 15) is 37.9 Å². The first kappa shape index (κ1) is 53.1. The number of rotatable bonds is 37. The maximum absolute atomic E-state index is 12.8. The predicted octanol–water partition coefficient (Wildman–Crippen LogP) is 8.84. The smallest absolute Gasteiger partial charge is 0.330 e. The van der Waals surface area contributed by atoms with Gasteiger partial charge >= 0.3 is 11.9 Å². The van der Waals surface area contributed by atoms with E-state index in [4.69, 9.17) is 18.9 Å². The number of carbonyl (C=O) groups is 2. The molecule has 1 saturated heterocycles. The maximum atomic E-state index is 12.8. The Balaban J connectivity index is 2.50. The number of ether oxygens (including phenoxy) is 4. The second-order valence-corrected chi connectivity index (χ2v) is 17.3. The summed E-state index contributed by atoms with van der Waals surface area (Å²) in [4.78, 5) is 25.2. The molecule has 6 atom stereocenters. The Bertz CT molecular complexity index is 1160. The minimum absolute atomic E-state index is 0.149. The van der Waals surface area contributed by atoms with Crippen molar-refractivity contribution in [3.8, 4) is 0 Å². The van der Waals surface area contributed by atoms with E-state index in [1.54, 1.807) is 12.2 Å². The number of esters is 2. The van der Waals surface area contributed by atoms with Crippen LogP contribution in [0.5, 0.6) is 0 Å². The number of aliphatic hydroxyl groups excluding tert-OH is 3. The first-order chi connectivity index (χ1) is 27.5. The molecule has 1 aliphatic rings. The molecule has 57 heavy (non-hydrogen) atoms. The summed E-state index contributed by atoms with van der Waals surface area (Å²) in [5.74, 6) is -2.24. The highest BCUT2D eigenvalue weighted by atomic mass is 32.2. The lowest BCUT2D eigenvalue weighted by atomic mass is 10.00. The number of allylic oxidation sites excluding steroid dienone is 3. The Morgan fingerprint density at radius 2 is 1.11 bits per heavy atom. The average Bonchev–Trinajstić information content (AvgIpc) is 3.17. The van der Waals surface area contributed by atoms with Crippen LogP contribution >= 0.6 is 0 Å². The number of hydrogen-bond donors (Lipinski definition) is 4. The zero-order valence-electron chi connectivity index (χ0n) is 35.4. The third-order valence-electron chi connectivity index (χ3n) is 10.4. The largest absolute Gasteiger partial charge is 0.458 e. The number of hydrogen-bond acceptors (Lipinski definition) is 11. The predicted molar refractivity (Wildman–Crippen MR) is 224 cm³/mol. The van der Waals surface area contributed by atoms with Crippen LogP contribution in [-0.4, -0.2) is 96.0 Å². The van der Waals surface area contributed by atoms with Crippen molar-refractivity contribution in [2.75, 3.05) is 19.0 Å². The second-order valence-electron chi connectivity index (χ2n) is 15.8. The van der Waals surface area contributed by atoms with Gasteiger partial charge in [0.15, 0.2) is 12.4 Å². The summed E-state index contributed by atoms with van der Waals surface area (Å²) in [6, 6.07) is 0. The Morgan fingerprint density at radius 1 is 0.632 bits per heavy atom. The molecule has 0 radical (unpaired) electrons. The fourth-order valence-corrected chi connectivity index (χ4v) is 7.58. The van der Waals surface area contributed by atoms with Gasteiger partial charge in [0.05, 0.1) is 6.61 Å². The number of carbonyl (C=O) groups excluding carboxylic acids is 2. The summed E-state index contributed by atoms with van der Waals surface area (Å²) in [5.41, 5.74) is 0. The number of unbranched alkanes of at least 4 members (excludes halogenated alkanes) is 24. The van der Waals surface area contributed by atoms with Crippen LogP contribution in [-0.2, 0) is 38.7 Å². The SMILES string of the molecule is CCCCCCCCCCCCC/C=C/C=C/C(=O)OC[C@H](CO[C@H]1O[C@H](CS(=O)(=O)O)[C@@H](O)C(O)C1O)OC(=O)CCCCCCCCCCCCCCCC. The van der Waals surface area contributed by atoms with Gasteiger partial charge in [-0.25, -0.2) is 4.79 Å². The van der Waals surface area contributed by atoms with Crippen LogP contribution in [0.3, 0.4) is 0 Å². The molecule has 0 amide bonds. The van der Waals surface area contributed by atoms with Crippen LogP contribution < -0.4 is 0 Å². The van der Waals surface area contributed by atoms with E-state index in [0.717, 1.165) is 32.1 Å². The number of aliphatic hydroxyl groups is 3. The topological polar surface area (TPSA) is 186 Å². The molecular formula is C44H80O12S. The molecule has 1 aliphatic heterocycles. The van der Waals surface area contributed by atoms with Gasteiger partial charge in [-0.05, 0) is 19.3 Å². The average molecular weight is 833 g/mol. The van der Waals surface area contributed by atoms with Gasteiger partial charge in [0, 0.05) is 12.5 Å². The van der Waals surface area contributed by atoms with Gasteiger partial charge in [0.2, 0.25) is 0 Å². The van der Waals surface area contributed by atoms with Gasteiger partial charge in [-0.1, -0.05) is 180 Å². The van der Waals surface area contributed by atoms with Crippen LogP contribution in [0.4, 0.5) is 0 Å². The van der Waals surface area contributed by atoms with Crippen molar-refractivity contribution in [2.24, 2.45) is 0 Å².